The smallest absolute Gasteiger partial charge is 0.138 e. The van der Waals surface area contributed by atoms with Crippen molar-refractivity contribution in [2.45, 2.75) is 39.3 Å². The molecule has 0 spiro atoms. The topological polar surface area (TPSA) is 55.6 Å². The lowest BCUT2D eigenvalue weighted by Gasteiger charge is -2.19. The highest BCUT2D eigenvalue weighted by molar-refractivity contribution is 9.10. The van der Waals surface area contributed by atoms with Crippen LogP contribution in [0.5, 0.6) is 0 Å². The van der Waals surface area contributed by atoms with E-state index in [2.05, 4.69) is 57.1 Å². The zero-order valence-corrected chi connectivity index (χ0v) is 13.6. The highest BCUT2D eigenvalue weighted by Crippen LogP contribution is 2.23. The first-order valence-electron chi connectivity index (χ1n) is 6.85. The van der Waals surface area contributed by atoms with Crippen molar-refractivity contribution in [1.82, 2.24) is 25.1 Å². The van der Waals surface area contributed by atoms with Crippen molar-refractivity contribution in [2.24, 2.45) is 0 Å². The quantitative estimate of drug-likeness (QED) is 0.880. The molecule has 2 aromatic rings. The van der Waals surface area contributed by atoms with Crippen LogP contribution >= 0.6 is 15.9 Å². The molecule has 2 aromatic heterocycles. The van der Waals surface area contributed by atoms with E-state index in [1.807, 2.05) is 23.0 Å². The van der Waals surface area contributed by atoms with E-state index in [1.165, 1.54) is 0 Å². The van der Waals surface area contributed by atoms with E-state index in [9.17, 15) is 0 Å². The number of hydrogen-bond acceptors (Lipinski definition) is 4. The summed E-state index contributed by atoms with van der Waals surface area (Å²) in [5.74, 6) is 0.975. The van der Waals surface area contributed by atoms with E-state index < -0.39 is 0 Å². The van der Waals surface area contributed by atoms with Crippen LogP contribution in [0, 0.1) is 0 Å². The second-order valence-electron chi connectivity index (χ2n) is 4.90. The maximum Gasteiger partial charge on any atom is 0.138 e. The first-order valence-corrected chi connectivity index (χ1v) is 7.65. The van der Waals surface area contributed by atoms with Crippen LogP contribution in [0.3, 0.4) is 0 Å². The van der Waals surface area contributed by atoms with Gasteiger partial charge in [-0.25, -0.2) is 9.67 Å². The molecule has 1 atom stereocenters. The molecule has 0 bridgehead atoms. The summed E-state index contributed by atoms with van der Waals surface area (Å²) >= 11 is 3.57. The Balaban J connectivity index is 2.26. The van der Waals surface area contributed by atoms with Gasteiger partial charge >= 0.3 is 0 Å². The number of nitrogens with one attached hydrogen (secondary N) is 1. The fourth-order valence-corrected chi connectivity index (χ4v) is 2.73. The van der Waals surface area contributed by atoms with Crippen LogP contribution in [0.1, 0.15) is 44.4 Å². The Kier molecular flexibility index (Phi) is 5.25. The molecule has 0 aliphatic heterocycles. The largest absolute Gasteiger partial charge is 0.308 e. The molecule has 5 nitrogen and oxygen atoms in total. The number of aromatic nitrogens is 4. The Morgan fingerprint density at radius 3 is 2.80 bits per heavy atom. The average molecular weight is 338 g/mol. The standard InChI is InChI=1S/C14H20BrN5/c1-4-16-12(14-11(15)6-5-7-17-14)8-13-18-9-19-20(13)10(2)3/h5-7,9-10,12,16H,4,8H2,1-3H3. The van der Waals surface area contributed by atoms with Gasteiger partial charge in [0.2, 0.25) is 0 Å². The Bertz CT molecular complexity index is 552. The summed E-state index contributed by atoms with van der Waals surface area (Å²) in [5, 5.41) is 7.76. The van der Waals surface area contributed by atoms with Gasteiger partial charge in [0.25, 0.3) is 0 Å². The fraction of sp³-hybridized carbons (Fsp3) is 0.500. The molecule has 2 rings (SSSR count). The number of halogens is 1. The Hall–Kier alpha value is -1.27. The number of nitrogens with zero attached hydrogens (tertiary/aromatic N) is 4. The Morgan fingerprint density at radius 1 is 1.35 bits per heavy atom. The van der Waals surface area contributed by atoms with Crippen LogP contribution < -0.4 is 5.32 Å². The molecule has 1 unspecified atom stereocenters. The second kappa shape index (κ2) is 6.95. The van der Waals surface area contributed by atoms with Gasteiger partial charge < -0.3 is 5.32 Å². The van der Waals surface area contributed by atoms with Gasteiger partial charge in [-0.1, -0.05) is 6.92 Å². The lowest BCUT2D eigenvalue weighted by atomic mass is 10.1. The molecule has 0 saturated heterocycles. The van der Waals surface area contributed by atoms with Gasteiger partial charge in [-0.2, -0.15) is 5.10 Å². The number of pyridine rings is 1. The Labute approximate surface area is 128 Å². The molecule has 108 valence electrons. The van der Waals surface area contributed by atoms with Crippen molar-refractivity contribution in [1.29, 1.82) is 0 Å². The normalized spacial score (nSPS) is 12.8. The average Bonchev–Trinajstić information content (AvgIpc) is 2.87. The molecule has 2 heterocycles. The van der Waals surface area contributed by atoms with E-state index in [1.54, 1.807) is 6.33 Å². The third-order valence-corrected chi connectivity index (χ3v) is 3.76. The Morgan fingerprint density at radius 2 is 2.15 bits per heavy atom. The monoisotopic (exact) mass is 337 g/mol. The van der Waals surface area contributed by atoms with Gasteiger partial charge in [0.1, 0.15) is 12.2 Å². The molecule has 0 amide bonds. The fourth-order valence-electron chi connectivity index (χ4n) is 2.20. The molecule has 0 aliphatic rings. The van der Waals surface area contributed by atoms with Crippen LogP contribution in [-0.2, 0) is 6.42 Å². The molecule has 0 saturated carbocycles. The van der Waals surface area contributed by atoms with Gasteiger partial charge in [-0.3, -0.25) is 4.98 Å². The van der Waals surface area contributed by atoms with Gasteiger partial charge in [0.15, 0.2) is 0 Å². The van der Waals surface area contributed by atoms with Crippen LogP contribution in [-0.4, -0.2) is 26.3 Å². The van der Waals surface area contributed by atoms with Gasteiger partial charge in [-0.05, 0) is 48.5 Å². The molecule has 20 heavy (non-hydrogen) atoms. The number of likely N-dealkylation sites (N-methyl/N-ethyl adjacent to an activating group) is 1. The van der Waals surface area contributed by atoms with Crippen molar-refractivity contribution in [2.75, 3.05) is 6.54 Å². The molecule has 0 aliphatic carbocycles. The molecule has 0 radical (unpaired) electrons. The van der Waals surface area contributed by atoms with Gasteiger partial charge in [-0.15, -0.1) is 0 Å². The summed E-state index contributed by atoms with van der Waals surface area (Å²) in [6.45, 7) is 7.19. The third kappa shape index (κ3) is 3.43. The number of rotatable bonds is 6. The molecule has 6 heteroatoms. The first kappa shape index (κ1) is 15.1. The zero-order valence-electron chi connectivity index (χ0n) is 12.0. The summed E-state index contributed by atoms with van der Waals surface area (Å²) in [6.07, 6.45) is 4.20. The highest BCUT2D eigenvalue weighted by atomic mass is 79.9. The molecular formula is C14H20BrN5. The predicted octanol–water partition coefficient (Wildman–Crippen LogP) is 2.91. The van der Waals surface area contributed by atoms with E-state index in [0.29, 0.717) is 6.04 Å². The summed E-state index contributed by atoms with van der Waals surface area (Å²) in [5.41, 5.74) is 1.01. The predicted molar refractivity (Wildman–Crippen MR) is 82.5 cm³/mol. The van der Waals surface area contributed by atoms with Crippen LogP contribution in [0.4, 0.5) is 0 Å². The van der Waals surface area contributed by atoms with Crippen LogP contribution in [0.2, 0.25) is 0 Å². The maximum atomic E-state index is 4.49. The third-order valence-electron chi connectivity index (χ3n) is 3.09. The van der Waals surface area contributed by atoms with Crippen LogP contribution in [0.15, 0.2) is 29.1 Å². The van der Waals surface area contributed by atoms with E-state index >= 15 is 0 Å². The summed E-state index contributed by atoms with van der Waals surface area (Å²) < 4.78 is 2.97. The van der Waals surface area contributed by atoms with Crippen molar-refractivity contribution in [3.63, 3.8) is 0 Å². The van der Waals surface area contributed by atoms with Gasteiger partial charge in [0, 0.05) is 23.1 Å². The molecule has 0 fully saturated rings. The first-order chi connectivity index (χ1) is 9.63. The summed E-state index contributed by atoms with van der Waals surface area (Å²) in [4.78, 5) is 8.87. The van der Waals surface area contributed by atoms with Crippen molar-refractivity contribution in [3.8, 4) is 0 Å². The van der Waals surface area contributed by atoms with E-state index in [4.69, 9.17) is 0 Å². The van der Waals surface area contributed by atoms with Crippen molar-refractivity contribution < 1.29 is 0 Å². The molecule has 0 aromatic carbocycles. The zero-order chi connectivity index (χ0) is 14.5. The summed E-state index contributed by atoms with van der Waals surface area (Å²) in [6, 6.07) is 4.37. The minimum atomic E-state index is 0.122. The second-order valence-corrected chi connectivity index (χ2v) is 5.75. The lowest BCUT2D eigenvalue weighted by molar-refractivity contribution is 0.463. The molecular weight excluding hydrogens is 318 g/mol. The minimum Gasteiger partial charge on any atom is -0.308 e. The van der Waals surface area contributed by atoms with Crippen molar-refractivity contribution in [3.05, 3.63) is 40.6 Å². The SMILES string of the molecule is CCNC(Cc1ncnn1C(C)C)c1ncccc1Br. The van der Waals surface area contributed by atoms with Crippen LogP contribution in [0.25, 0.3) is 0 Å². The highest BCUT2D eigenvalue weighted by Gasteiger charge is 2.19. The van der Waals surface area contributed by atoms with E-state index in [-0.39, 0.29) is 6.04 Å². The molecule has 1 N–H and O–H groups in total. The maximum absolute atomic E-state index is 4.49. The summed E-state index contributed by atoms with van der Waals surface area (Å²) in [7, 11) is 0. The lowest BCUT2D eigenvalue weighted by Crippen LogP contribution is -2.26. The van der Waals surface area contributed by atoms with E-state index in [0.717, 1.165) is 29.0 Å². The van der Waals surface area contributed by atoms with Gasteiger partial charge in [0.05, 0.1) is 11.7 Å². The van der Waals surface area contributed by atoms with Crippen molar-refractivity contribution >= 4 is 15.9 Å². The minimum absolute atomic E-state index is 0.122. The number of hydrogen-bond donors (Lipinski definition) is 1.